The van der Waals surface area contributed by atoms with Crippen LogP contribution in [-0.4, -0.2) is 34.5 Å². The number of amides is 1. The lowest BCUT2D eigenvalue weighted by molar-refractivity contribution is -0.155. The number of carbonyl (C=O) groups is 2. The van der Waals surface area contributed by atoms with Gasteiger partial charge in [0.05, 0.1) is 5.41 Å². The summed E-state index contributed by atoms with van der Waals surface area (Å²) in [5.74, 6) is -0.696. The number of nitrogens with zero attached hydrogens (tertiary/aromatic N) is 1. The summed E-state index contributed by atoms with van der Waals surface area (Å²) in [6.45, 7) is 2.85. The second kappa shape index (κ2) is 6.59. The highest BCUT2D eigenvalue weighted by molar-refractivity contribution is 5.85. The molecule has 0 radical (unpaired) electrons. The summed E-state index contributed by atoms with van der Waals surface area (Å²) in [5, 5.41) is 9.66. The van der Waals surface area contributed by atoms with E-state index in [1.165, 1.54) is 0 Å². The summed E-state index contributed by atoms with van der Waals surface area (Å²) in [6, 6.07) is 0.388. The van der Waals surface area contributed by atoms with Crippen LogP contribution in [0.1, 0.15) is 71.1 Å². The van der Waals surface area contributed by atoms with Crippen LogP contribution in [0.2, 0.25) is 0 Å². The van der Waals surface area contributed by atoms with Crippen molar-refractivity contribution in [2.75, 3.05) is 6.54 Å². The Hall–Kier alpha value is -1.06. The Balaban J connectivity index is 2.06. The van der Waals surface area contributed by atoms with Gasteiger partial charge in [-0.3, -0.25) is 9.59 Å². The van der Waals surface area contributed by atoms with E-state index in [1.807, 2.05) is 4.90 Å². The van der Waals surface area contributed by atoms with Gasteiger partial charge in [0, 0.05) is 19.0 Å². The van der Waals surface area contributed by atoms with Crippen molar-refractivity contribution in [2.45, 2.75) is 77.2 Å². The highest BCUT2D eigenvalue weighted by Gasteiger charge is 2.43. The first-order valence-corrected chi connectivity index (χ1v) is 8.12. The molecule has 114 valence electrons. The summed E-state index contributed by atoms with van der Waals surface area (Å²) in [4.78, 5) is 26.3. The molecule has 2 rings (SSSR count). The quantitative estimate of drug-likeness (QED) is 0.761. The molecule has 0 aromatic heterocycles. The molecule has 2 fully saturated rings. The lowest BCUT2D eigenvalue weighted by atomic mass is 9.77. The maximum atomic E-state index is 12.6. The van der Waals surface area contributed by atoms with Crippen LogP contribution in [0.25, 0.3) is 0 Å². The van der Waals surface area contributed by atoms with E-state index in [9.17, 15) is 14.7 Å². The van der Waals surface area contributed by atoms with Crippen molar-refractivity contribution >= 4 is 11.9 Å². The Morgan fingerprint density at radius 3 is 2.20 bits per heavy atom. The third-order valence-corrected chi connectivity index (χ3v) is 4.78. The highest BCUT2D eigenvalue weighted by Crippen LogP contribution is 2.40. The van der Waals surface area contributed by atoms with Gasteiger partial charge >= 0.3 is 5.97 Å². The van der Waals surface area contributed by atoms with E-state index in [0.29, 0.717) is 18.9 Å². The zero-order valence-corrected chi connectivity index (χ0v) is 12.6. The normalized spacial score (nSPS) is 22.1. The van der Waals surface area contributed by atoms with Gasteiger partial charge in [-0.15, -0.1) is 0 Å². The minimum Gasteiger partial charge on any atom is -0.481 e. The van der Waals surface area contributed by atoms with Gasteiger partial charge in [-0.25, -0.2) is 0 Å². The van der Waals surface area contributed by atoms with Gasteiger partial charge in [-0.1, -0.05) is 32.6 Å². The molecule has 0 unspecified atom stereocenters. The molecule has 4 heteroatoms. The first kappa shape index (κ1) is 15.3. The zero-order chi connectivity index (χ0) is 14.6. The van der Waals surface area contributed by atoms with E-state index in [1.54, 1.807) is 0 Å². The Morgan fingerprint density at radius 1 is 1.15 bits per heavy atom. The summed E-state index contributed by atoms with van der Waals surface area (Å²) in [5.41, 5.74) is -0.797. The Morgan fingerprint density at radius 2 is 1.75 bits per heavy atom. The molecule has 0 aliphatic heterocycles. The monoisotopic (exact) mass is 281 g/mol. The smallest absolute Gasteiger partial charge is 0.310 e. The molecule has 0 atom stereocenters. The minimum absolute atomic E-state index is 0.0682. The molecule has 0 spiro atoms. The molecule has 2 aliphatic rings. The molecule has 4 nitrogen and oxygen atoms in total. The predicted molar refractivity (Wildman–Crippen MR) is 77.4 cm³/mol. The molecule has 0 aromatic rings. The first-order chi connectivity index (χ1) is 9.59. The van der Waals surface area contributed by atoms with Gasteiger partial charge in [0.1, 0.15) is 0 Å². The van der Waals surface area contributed by atoms with E-state index >= 15 is 0 Å². The van der Waals surface area contributed by atoms with Gasteiger partial charge in [-0.2, -0.15) is 0 Å². The molecule has 20 heavy (non-hydrogen) atoms. The number of carboxylic acids is 1. The SMILES string of the molecule is CCCN(C(=O)CC1(C(=O)O)CCCCCC1)C1CC1. The van der Waals surface area contributed by atoms with Crippen LogP contribution < -0.4 is 0 Å². The molecular weight excluding hydrogens is 254 g/mol. The van der Waals surface area contributed by atoms with Crippen molar-refractivity contribution < 1.29 is 14.7 Å². The average Bonchev–Trinajstić information content (AvgIpc) is 3.23. The topological polar surface area (TPSA) is 57.6 Å². The number of hydrogen-bond donors (Lipinski definition) is 1. The molecule has 1 amide bonds. The number of aliphatic carboxylic acids is 1. The first-order valence-electron chi connectivity index (χ1n) is 8.12. The van der Waals surface area contributed by atoms with Gasteiger partial charge in [-0.05, 0) is 32.1 Å². The van der Waals surface area contributed by atoms with Crippen LogP contribution in [-0.2, 0) is 9.59 Å². The van der Waals surface area contributed by atoms with Crippen LogP contribution in [0.15, 0.2) is 0 Å². The second-order valence-corrected chi connectivity index (χ2v) is 6.49. The third-order valence-electron chi connectivity index (χ3n) is 4.78. The van der Waals surface area contributed by atoms with Gasteiger partial charge in [0.15, 0.2) is 0 Å². The van der Waals surface area contributed by atoms with E-state index in [-0.39, 0.29) is 12.3 Å². The second-order valence-electron chi connectivity index (χ2n) is 6.49. The largest absolute Gasteiger partial charge is 0.481 e. The summed E-state index contributed by atoms with van der Waals surface area (Å²) >= 11 is 0. The van der Waals surface area contributed by atoms with Crippen molar-refractivity contribution in [2.24, 2.45) is 5.41 Å². The van der Waals surface area contributed by atoms with Crippen LogP contribution in [0, 0.1) is 5.41 Å². The van der Waals surface area contributed by atoms with Gasteiger partial charge in [0.25, 0.3) is 0 Å². The highest BCUT2D eigenvalue weighted by atomic mass is 16.4. The maximum absolute atomic E-state index is 12.6. The third kappa shape index (κ3) is 3.53. The van der Waals surface area contributed by atoms with Crippen molar-refractivity contribution in [1.29, 1.82) is 0 Å². The predicted octanol–water partition coefficient (Wildman–Crippen LogP) is 3.20. The lowest BCUT2D eigenvalue weighted by Gasteiger charge is -2.31. The number of hydrogen-bond acceptors (Lipinski definition) is 2. The van der Waals surface area contributed by atoms with Gasteiger partial charge in [0.2, 0.25) is 5.91 Å². The molecule has 0 heterocycles. The van der Waals surface area contributed by atoms with Crippen molar-refractivity contribution in [3.8, 4) is 0 Å². The Bertz CT molecular complexity index is 355. The van der Waals surface area contributed by atoms with Crippen LogP contribution >= 0.6 is 0 Å². The molecule has 2 aliphatic carbocycles. The van der Waals surface area contributed by atoms with E-state index in [4.69, 9.17) is 0 Å². The molecular formula is C16H27NO3. The molecule has 2 saturated carbocycles. The zero-order valence-electron chi connectivity index (χ0n) is 12.6. The van der Waals surface area contributed by atoms with Crippen LogP contribution in [0.3, 0.4) is 0 Å². The summed E-state index contributed by atoms with van der Waals surface area (Å²) < 4.78 is 0. The van der Waals surface area contributed by atoms with Crippen molar-refractivity contribution in [1.82, 2.24) is 4.90 Å². The summed E-state index contributed by atoms with van der Waals surface area (Å²) in [6.07, 6.45) is 8.75. The number of carbonyl (C=O) groups excluding carboxylic acids is 1. The molecule has 1 N–H and O–H groups in total. The Kier molecular flexibility index (Phi) is 5.06. The average molecular weight is 281 g/mol. The van der Waals surface area contributed by atoms with Crippen LogP contribution in [0.5, 0.6) is 0 Å². The number of carboxylic acid groups (broad SMARTS) is 1. The fourth-order valence-electron chi connectivity index (χ4n) is 3.40. The fourth-order valence-corrected chi connectivity index (χ4v) is 3.40. The fraction of sp³-hybridized carbons (Fsp3) is 0.875. The molecule has 0 saturated heterocycles. The minimum atomic E-state index is -0.797. The standard InChI is InChI=1S/C16H27NO3/c1-2-11-17(13-7-8-13)14(18)12-16(15(19)20)9-5-3-4-6-10-16/h13H,2-12H2,1H3,(H,19,20). The molecule has 0 bridgehead atoms. The van der Waals surface area contributed by atoms with Crippen molar-refractivity contribution in [3.05, 3.63) is 0 Å². The van der Waals surface area contributed by atoms with Crippen molar-refractivity contribution in [3.63, 3.8) is 0 Å². The lowest BCUT2D eigenvalue weighted by Crippen LogP contribution is -2.41. The summed E-state index contributed by atoms with van der Waals surface area (Å²) in [7, 11) is 0. The van der Waals surface area contributed by atoms with E-state index < -0.39 is 11.4 Å². The van der Waals surface area contributed by atoms with Crippen LogP contribution in [0.4, 0.5) is 0 Å². The van der Waals surface area contributed by atoms with E-state index in [0.717, 1.165) is 51.5 Å². The van der Waals surface area contributed by atoms with E-state index in [2.05, 4.69) is 6.92 Å². The maximum Gasteiger partial charge on any atom is 0.310 e. The number of rotatable bonds is 6. The Labute approximate surface area is 121 Å². The molecule has 0 aromatic carbocycles. The van der Waals surface area contributed by atoms with Gasteiger partial charge < -0.3 is 10.0 Å².